The predicted molar refractivity (Wildman–Crippen MR) is 82.6 cm³/mol. The molecule has 2 aromatic rings. The standard InChI is InChI=1S/C16H23N3O/c1-12(2)18-11-14-6-4-5-13-7-9-19(16(13)14)10-8-15(20)17-3/h4-7,9,12,18H,8,10-11H2,1-3H3,(H,17,20). The molecule has 1 aromatic heterocycles. The second kappa shape index (κ2) is 6.57. The summed E-state index contributed by atoms with van der Waals surface area (Å²) in [5, 5.41) is 7.35. The molecule has 0 aliphatic rings. The number of carbonyl (C=O) groups is 1. The van der Waals surface area contributed by atoms with E-state index in [0.29, 0.717) is 19.0 Å². The Hall–Kier alpha value is -1.81. The Kier molecular flexibility index (Phi) is 4.79. The predicted octanol–water partition coefficient (Wildman–Crippen LogP) is 2.28. The Morgan fingerprint density at radius 2 is 2.10 bits per heavy atom. The summed E-state index contributed by atoms with van der Waals surface area (Å²) in [5.74, 6) is 0.0737. The zero-order valence-electron chi connectivity index (χ0n) is 12.4. The maximum atomic E-state index is 11.4. The summed E-state index contributed by atoms with van der Waals surface area (Å²) in [6.07, 6.45) is 2.57. The number of aryl methyl sites for hydroxylation is 1. The van der Waals surface area contributed by atoms with Crippen molar-refractivity contribution in [2.45, 2.75) is 39.4 Å². The van der Waals surface area contributed by atoms with Gasteiger partial charge in [0.05, 0.1) is 5.52 Å². The van der Waals surface area contributed by atoms with Crippen molar-refractivity contribution in [1.82, 2.24) is 15.2 Å². The highest BCUT2D eigenvalue weighted by Gasteiger charge is 2.08. The van der Waals surface area contributed by atoms with Crippen molar-refractivity contribution >= 4 is 16.8 Å². The number of fused-ring (bicyclic) bond motifs is 1. The zero-order chi connectivity index (χ0) is 14.5. The highest BCUT2D eigenvalue weighted by Crippen LogP contribution is 2.21. The lowest BCUT2D eigenvalue weighted by Gasteiger charge is -2.12. The molecule has 4 heteroatoms. The molecular formula is C16H23N3O. The number of benzene rings is 1. The summed E-state index contributed by atoms with van der Waals surface area (Å²) in [6.45, 7) is 5.84. The molecule has 0 aliphatic carbocycles. The highest BCUT2D eigenvalue weighted by molar-refractivity contribution is 5.83. The second-order valence-electron chi connectivity index (χ2n) is 5.32. The van der Waals surface area contributed by atoms with Crippen LogP contribution in [0.1, 0.15) is 25.8 Å². The molecule has 0 atom stereocenters. The molecule has 1 aromatic carbocycles. The summed E-state index contributed by atoms with van der Waals surface area (Å²) in [6, 6.07) is 8.92. The van der Waals surface area contributed by atoms with Crippen LogP contribution in [0.15, 0.2) is 30.5 Å². The number of hydrogen-bond acceptors (Lipinski definition) is 2. The van der Waals surface area contributed by atoms with Crippen LogP contribution in [0.25, 0.3) is 10.9 Å². The van der Waals surface area contributed by atoms with E-state index in [1.165, 1.54) is 16.5 Å². The van der Waals surface area contributed by atoms with Crippen molar-refractivity contribution in [3.05, 3.63) is 36.0 Å². The Labute approximate surface area is 120 Å². The first-order chi connectivity index (χ1) is 9.61. The SMILES string of the molecule is CNC(=O)CCn1ccc2cccc(CNC(C)C)c21. The molecule has 2 rings (SSSR count). The summed E-state index contributed by atoms with van der Waals surface area (Å²) in [4.78, 5) is 11.4. The van der Waals surface area contributed by atoms with E-state index in [4.69, 9.17) is 0 Å². The largest absolute Gasteiger partial charge is 0.359 e. The summed E-state index contributed by atoms with van der Waals surface area (Å²) >= 11 is 0. The van der Waals surface area contributed by atoms with Gasteiger partial charge in [-0.1, -0.05) is 32.0 Å². The van der Waals surface area contributed by atoms with E-state index in [1.54, 1.807) is 7.05 Å². The molecule has 0 aliphatic heterocycles. The maximum absolute atomic E-state index is 11.4. The van der Waals surface area contributed by atoms with Gasteiger partial charge >= 0.3 is 0 Å². The third-order valence-electron chi connectivity index (χ3n) is 3.43. The van der Waals surface area contributed by atoms with Crippen molar-refractivity contribution in [3.8, 4) is 0 Å². The molecule has 0 radical (unpaired) electrons. The van der Waals surface area contributed by atoms with Gasteiger partial charge in [-0.3, -0.25) is 4.79 Å². The van der Waals surface area contributed by atoms with Gasteiger partial charge in [0.15, 0.2) is 0 Å². The average molecular weight is 273 g/mol. The third kappa shape index (κ3) is 3.39. The number of nitrogens with one attached hydrogen (secondary N) is 2. The molecule has 0 unspecified atom stereocenters. The fourth-order valence-corrected chi connectivity index (χ4v) is 2.33. The molecule has 1 heterocycles. The van der Waals surface area contributed by atoms with Crippen LogP contribution < -0.4 is 10.6 Å². The quantitative estimate of drug-likeness (QED) is 0.848. The van der Waals surface area contributed by atoms with Crippen LogP contribution in [-0.4, -0.2) is 23.6 Å². The monoisotopic (exact) mass is 273 g/mol. The van der Waals surface area contributed by atoms with Crippen molar-refractivity contribution in [2.24, 2.45) is 0 Å². The van der Waals surface area contributed by atoms with E-state index in [-0.39, 0.29) is 5.91 Å². The zero-order valence-corrected chi connectivity index (χ0v) is 12.4. The van der Waals surface area contributed by atoms with Crippen molar-refractivity contribution in [1.29, 1.82) is 0 Å². The highest BCUT2D eigenvalue weighted by atomic mass is 16.1. The first-order valence-corrected chi connectivity index (χ1v) is 7.12. The van der Waals surface area contributed by atoms with E-state index >= 15 is 0 Å². The topological polar surface area (TPSA) is 46.1 Å². The maximum Gasteiger partial charge on any atom is 0.221 e. The van der Waals surface area contributed by atoms with Gasteiger partial charge in [-0.15, -0.1) is 0 Å². The Balaban J connectivity index is 2.24. The van der Waals surface area contributed by atoms with Gasteiger partial charge in [0.2, 0.25) is 5.91 Å². The lowest BCUT2D eigenvalue weighted by Crippen LogP contribution is -2.22. The van der Waals surface area contributed by atoms with Gasteiger partial charge in [-0.2, -0.15) is 0 Å². The molecular weight excluding hydrogens is 250 g/mol. The Morgan fingerprint density at radius 3 is 2.80 bits per heavy atom. The molecule has 0 saturated heterocycles. The number of rotatable bonds is 6. The summed E-state index contributed by atoms with van der Waals surface area (Å²) in [7, 11) is 1.67. The molecule has 0 spiro atoms. The van der Waals surface area contributed by atoms with Crippen LogP contribution in [0.2, 0.25) is 0 Å². The minimum Gasteiger partial charge on any atom is -0.359 e. The van der Waals surface area contributed by atoms with E-state index in [9.17, 15) is 4.79 Å². The van der Waals surface area contributed by atoms with E-state index < -0.39 is 0 Å². The molecule has 108 valence electrons. The fourth-order valence-electron chi connectivity index (χ4n) is 2.33. The van der Waals surface area contributed by atoms with Crippen LogP contribution in [-0.2, 0) is 17.9 Å². The van der Waals surface area contributed by atoms with Crippen LogP contribution in [0, 0.1) is 0 Å². The van der Waals surface area contributed by atoms with Crippen LogP contribution >= 0.6 is 0 Å². The number of amides is 1. The van der Waals surface area contributed by atoms with E-state index in [2.05, 4.69) is 59.5 Å². The first-order valence-electron chi connectivity index (χ1n) is 7.12. The van der Waals surface area contributed by atoms with Crippen molar-refractivity contribution in [3.63, 3.8) is 0 Å². The van der Waals surface area contributed by atoms with Gasteiger partial charge in [-0.25, -0.2) is 0 Å². The first kappa shape index (κ1) is 14.6. The summed E-state index contributed by atoms with van der Waals surface area (Å²) < 4.78 is 2.17. The lowest BCUT2D eigenvalue weighted by molar-refractivity contribution is -0.120. The van der Waals surface area contributed by atoms with Gasteiger partial charge in [0.1, 0.15) is 0 Å². The van der Waals surface area contributed by atoms with Crippen LogP contribution in [0.3, 0.4) is 0 Å². The molecule has 2 N–H and O–H groups in total. The third-order valence-corrected chi connectivity index (χ3v) is 3.43. The van der Waals surface area contributed by atoms with Crippen LogP contribution in [0.4, 0.5) is 0 Å². The van der Waals surface area contributed by atoms with Crippen molar-refractivity contribution in [2.75, 3.05) is 7.05 Å². The molecule has 0 fully saturated rings. The molecule has 1 amide bonds. The fraction of sp³-hybridized carbons (Fsp3) is 0.438. The lowest BCUT2D eigenvalue weighted by atomic mass is 10.1. The van der Waals surface area contributed by atoms with Crippen molar-refractivity contribution < 1.29 is 4.79 Å². The van der Waals surface area contributed by atoms with Gasteiger partial charge < -0.3 is 15.2 Å². The number of para-hydroxylation sites is 1. The smallest absolute Gasteiger partial charge is 0.221 e. The minimum absolute atomic E-state index is 0.0737. The number of carbonyl (C=O) groups excluding carboxylic acids is 1. The molecule has 20 heavy (non-hydrogen) atoms. The van der Waals surface area contributed by atoms with Gasteiger partial charge in [-0.05, 0) is 17.0 Å². The molecule has 0 saturated carbocycles. The van der Waals surface area contributed by atoms with Crippen LogP contribution in [0.5, 0.6) is 0 Å². The number of nitrogens with zero attached hydrogens (tertiary/aromatic N) is 1. The average Bonchev–Trinajstić information content (AvgIpc) is 2.86. The number of aromatic nitrogens is 1. The van der Waals surface area contributed by atoms with E-state index in [1.807, 2.05) is 0 Å². The Morgan fingerprint density at radius 1 is 1.30 bits per heavy atom. The van der Waals surface area contributed by atoms with E-state index in [0.717, 1.165) is 6.54 Å². The number of hydrogen-bond donors (Lipinski definition) is 2. The summed E-state index contributed by atoms with van der Waals surface area (Å²) in [5.41, 5.74) is 2.50. The van der Waals surface area contributed by atoms with Gasteiger partial charge in [0.25, 0.3) is 0 Å². The molecule has 4 nitrogen and oxygen atoms in total. The second-order valence-corrected chi connectivity index (χ2v) is 5.32. The Bertz CT molecular complexity index is 586. The normalized spacial score (nSPS) is 11.2. The minimum atomic E-state index is 0.0737. The molecule has 0 bridgehead atoms. The van der Waals surface area contributed by atoms with Gasteiger partial charge in [0, 0.05) is 38.8 Å².